The molecule has 0 radical (unpaired) electrons. The van der Waals surface area contributed by atoms with Gasteiger partial charge in [0.05, 0.1) is 11.1 Å². The molecule has 1 aliphatic carbocycles. The van der Waals surface area contributed by atoms with Crippen LogP contribution in [-0.2, 0) is 0 Å². The fourth-order valence-electron chi connectivity index (χ4n) is 2.78. The number of para-hydroxylation sites is 1. The molecule has 0 saturated heterocycles. The zero-order valence-corrected chi connectivity index (χ0v) is 12.7. The summed E-state index contributed by atoms with van der Waals surface area (Å²) in [4.78, 5) is 17.3. The molecular formula is C18H22N2O. The van der Waals surface area contributed by atoms with E-state index in [2.05, 4.69) is 19.2 Å². The van der Waals surface area contributed by atoms with Gasteiger partial charge < -0.3 is 5.32 Å². The molecule has 3 rings (SSSR count). The minimum absolute atomic E-state index is 0.0245. The van der Waals surface area contributed by atoms with Gasteiger partial charge >= 0.3 is 0 Å². The third kappa shape index (κ3) is 3.07. The van der Waals surface area contributed by atoms with Gasteiger partial charge in [-0.2, -0.15) is 0 Å². The van der Waals surface area contributed by atoms with Gasteiger partial charge in [-0.25, -0.2) is 0 Å². The van der Waals surface area contributed by atoms with Gasteiger partial charge in [0.1, 0.15) is 0 Å². The molecule has 0 bridgehead atoms. The van der Waals surface area contributed by atoms with Crippen molar-refractivity contribution in [2.45, 2.75) is 51.5 Å². The first-order valence-electron chi connectivity index (χ1n) is 7.89. The SMILES string of the molecule is CCC[C@@H](C)NC(=O)c1cc(C2CC2)nc2ccccc12. The molecule has 0 spiro atoms. The molecule has 1 fully saturated rings. The summed E-state index contributed by atoms with van der Waals surface area (Å²) in [6.07, 6.45) is 4.47. The molecule has 1 aliphatic rings. The maximum atomic E-state index is 12.6. The number of carbonyl (C=O) groups is 1. The second-order valence-electron chi connectivity index (χ2n) is 6.05. The molecule has 3 heteroatoms. The predicted molar refractivity (Wildman–Crippen MR) is 85.6 cm³/mol. The van der Waals surface area contributed by atoms with Gasteiger partial charge in [0, 0.05) is 23.0 Å². The molecular weight excluding hydrogens is 260 g/mol. The Hall–Kier alpha value is -1.90. The van der Waals surface area contributed by atoms with Crippen molar-refractivity contribution >= 4 is 16.8 Å². The normalized spacial score (nSPS) is 15.9. The minimum Gasteiger partial charge on any atom is -0.350 e. The van der Waals surface area contributed by atoms with Crippen LogP contribution >= 0.6 is 0 Å². The summed E-state index contributed by atoms with van der Waals surface area (Å²) in [5.74, 6) is 0.575. The third-order valence-electron chi connectivity index (χ3n) is 4.08. The largest absolute Gasteiger partial charge is 0.350 e. The van der Waals surface area contributed by atoms with Crippen LogP contribution in [0.1, 0.15) is 61.5 Å². The summed E-state index contributed by atoms with van der Waals surface area (Å²) >= 11 is 0. The zero-order chi connectivity index (χ0) is 14.8. The van der Waals surface area contributed by atoms with E-state index in [0.29, 0.717) is 5.92 Å². The van der Waals surface area contributed by atoms with E-state index in [1.165, 1.54) is 12.8 Å². The highest BCUT2D eigenvalue weighted by Gasteiger charge is 2.27. The molecule has 1 N–H and O–H groups in total. The molecule has 1 aromatic heterocycles. The van der Waals surface area contributed by atoms with Crippen molar-refractivity contribution < 1.29 is 4.79 Å². The number of pyridine rings is 1. The molecule has 110 valence electrons. The number of fused-ring (bicyclic) bond motifs is 1. The molecule has 3 nitrogen and oxygen atoms in total. The Morgan fingerprint density at radius 2 is 2.14 bits per heavy atom. The highest BCUT2D eigenvalue weighted by Crippen LogP contribution is 2.40. The third-order valence-corrected chi connectivity index (χ3v) is 4.08. The summed E-state index contributed by atoms with van der Waals surface area (Å²) in [5.41, 5.74) is 2.77. The number of hydrogen-bond acceptors (Lipinski definition) is 2. The van der Waals surface area contributed by atoms with Gasteiger partial charge in [-0.05, 0) is 38.3 Å². The van der Waals surface area contributed by atoms with Crippen molar-refractivity contribution in [1.29, 1.82) is 0 Å². The molecule has 1 saturated carbocycles. The van der Waals surface area contributed by atoms with Crippen molar-refractivity contribution in [2.75, 3.05) is 0 Å². The van der Waals surface area contributed by atoms with E-state index < -0.39 is 0 Å². The van der Waals surface area contributed by atoms with Gasteiger partial charge in [0.25, 0.3) is 5.91 Å². The summed E-state index contributed by atoms with van der Waals surface area (Å²) < 4.78 is 0. The molecule has 1 atom stereocenters. The summed E-state index contributed by atoms with van der Waals surface area (Å²) in [6, 6.07) is 10.1. The number of amides is 1. The van der Waals surface area contributed by atoms with Crippen LogP contribution in [0.25, 0.3) is 10.9 Å². The van der Waals surface area contributed by atoms with Crippen LogP contribution in [0.5, 0.6) is 0 Å². The summed E-state index contributed by atoms with van der Waals surface area (Å²) in [6.45, 7) is 4.20. The van der Waals surface area contributed by atoms with E-state index in [-0.39, 0.29) is 11.9 Å². The van der Waals surface area contributed by atoms with E-state index in [4.69, 9.17) is 4.98 Å². The minimum atomic E-state index is 0.0245. The van der Waals surface area contributed by atoms with E-state index in [0.717, 1.165) is 35.0 Å². The number of hydrogen-bond donors (Lipinski definition) is 1. The first-order valence-corrected chi connectivity index (χ1v) is 7.89. The Kier molecular flexibility index (Phi) is 3.91. The average molecular weight is 282 g/mol. The quantitative estimate of drug-likeness (QED) is 0.899. The van der Waals surface area contributed by atoms with E-state index >= 15 is 0 Å². The summed E-state index contributed by atoms with van der Waals surface area (Å²) in [7, 11) is 0. The second-order valence-corrected chi connectivity index (χ2v) is 6.05. The number of benzene rings is 1. The molecule has 0 unspecified atom stereocenters. The lowest BCUT2D eigenvalue weighted by Gasteiger charge is -2.14. The fourth-order valence-corrected chi connectivity index (χ4v) is 2.78. The Balaban J connectivity index is 1.97. The number of nitrogens with zero attached hydrogens (tertiary/aromatic N) is 1. The Labute approximate surface area is 125 Å². The molecule has 2 aromatic rings. The first kappa shape index (κ1) is 14.1. The van der Waals surface area contributed by atoms with Crippen LogP contribution in [-0.4, -0.2) is 16.9 Å². The van der Waals surface area contributed by atoms with E-state index in [1.807, 2.05) is 30.3 Å². The van der Waals surface area contributed by atoms with Gasteiger partial charge in [-0.3, -0.25) is 9.78 Å². The van der Waals surface area contributed by atoms with Crippen molar-refractivity contribution in [2.24, 2.45) is 0 Å². The standard InChI is InChI=1S/C18H22N2O/c1-3-6-12(2)19-18(21)15-11-17(13-9-10-13)20-16-8-5-4-7-14(15)16/h4-5,7-8,11-13H,3,6,9-10H2,1-2H3,(H,19,21)/t12-/m1/s1. The lowest BCUT2D eigenvalue weighted by atomic mass is 10.0. The van der Waals surface area contributed by atoms with Crippen molar-refractivity contribution in [1.82, 2.24) is 10.3 Å². The molecule has 21 heavy (non-hydrogen) atoms. The Morgan fingerprint density at radius 1 is 1.38 bits per heavy atom. The number of carbonyl (C=O) groups excluding carboxylic acids is 1. The second kappa shape index (κ2) is 5.84. The lowest BCUT2D eigenvalue weighted by molar-refractivity contribution is 0.0940. The van der Waals surface area contributed by atoms with Crippen LogP contribution in [0.4, 0.5) is 0 Å². The van der Waals surface area contributed by atoms with Gasteiger partial charge in [0.2, 0.25) is 0 Å². The van der Waals surface area contributed by atoms with Crippen LogP contribution < -0.4 is 5.32 Å². The highest BCUT2D eigenvalue weighted by atomic mass is 16.1. The Bertz CT molecular complexity index is 661. The van der Waals surface area contributed by atoms with E-state index in [1.54, 1.807) is 0 Å². The van der Waals surface area contributed by atoms with Crippen molar-refractivity contribution in [3.63, 3.8) is 0 Å². The number of aromatic nitrogens is 1. The molecule has 1 heterocycles. The number of nitrogens with one attached hydrogen (secondary N) is 1. The maximum Gasteiger partial charge on any atom is 0.252 e. The summed E-state index contributed by atoms with van der Waals surface area (Å²) in [5, 5.41) is 4.06. The maximum absolute atomic E-state index is 12.6. The predicted octanol–water partition coefficient (Wildman–Crippen LogP) is 4.03. The van der Waals surface area contributed by atoms with Gasteiger partial charge in [-0.15, -0.1) is 0 Å². The fraction of sp³-hybridized carbons (Fsp3) is 0.444. The van der Waals surface area contributed by atoms with Crippen LogP contribution in [0.3, 0.4) is 0 Å². The molecule has 1 amide bonds. The van der Waals surface area contributed by atoms with Gasteiger partial charge in [0.15, 0.2) is 0 Å². The number of rotatable bonds is 5. The molecule has 0 aliphatic heterocycles. The smallest absolute Gasteiger partial charge is 0.252 e. The lowest BCUT2D eigenvalue weighted by Crippen LogP contribution is -2.32. The first-order chi connectivity index (χ1) is 10.2. The molecule has 1 aromatic carbocycles. The van der Waals surface area contributed by atoms with Crippen molar-refractivity contribution in [3.05, 3.63) is 41.6 Å². The monoisotopic (exact) mass is 282 g/mol. The van der Waals surface area contributed by atoms with Crippen molar-refractivity contribution in [3.8, 4) is 0 Å². The highest BCUT2D eigenvalue weighted by molar-refractivity contribution is 6.06. The average Bonchev–Trinajstić information content (AvgIpc) is 3.31. The van der Waals surface area contributed by atoms with Gasteiger partial charge in [-0.1, -0.05) is 31.5 Å². The van der Waals surface area contributed by atoms with Crippen LogP contribution in [0.2, 0.25) is 0 Å². The van der Waals surface area contributed by atoms with Crippen LogP contribution in [0.15, 0.2) is 30.3 Å². The van der Waals surface area contributed by atoms with E-state index in [9.17, 15) is 4.79 Å². The Morgan fingerprint density at radius 3 is 2.86 bits per heavy atom. The van der Waals surface area contributed by atoms with Crippen LogP contribution in [0, 0.1) is 0 Å². The zero-order valence-electron chi connectivity index (χ0n) is 12.7. The topological polar surface area (TPSA) is 42.0 Å².